The van der Waals surface area contributed by atoms with E-state index in [4.69, 9.17) is 9.47 Å². The van der Waals surface area contributed by atoms with Crippen molar-refractivity contribution in [1.82, 2.24) is 9.80 Å². The predicted octanol–water partition coefficient (Wildman–Crippen LogP) is 1.07. The second-order valence-electron chi connectivity index (χ2n) is 4.64. The molecule has 1 fully saturated rings. The molecule has 1 aliphatic rings. The van der Waals surface area contributed by atoms with Gasteiger partial charge in [-0.05, 0) is 12.8 Å². The van der Waals surface area contributed by atoms with Crippen LogP contribution >= 0.6 is 0 Å². The normalized spacial score (nSPS) is 18.7. The maximum Gasteiger partial charge on any atom is 0.0589 e. The van der Waals surface area contributed by atoms with E-state index >= 15 is 0 Å². The summed E-state index contributed by atoms with van der Waals surface area (Å²) in [6.07, 6.45) is 2.29. The minimum atomic E-state index is 0.852. The van der Waals surface area contributed by atoms with Crippen LogP contribution in [0.4, 0.5) is 0 Å². The second kappa shape index (κ2) is 9.83. The summed E-state index contributed by atoms with van der Waals surface area (Å²) in [7, 11) is 1.77. The van der Waals surface area contributed by atoms with Crippen molar-refractivity contribution in [3.63, 3.8) is 0 Å². The van der Waals surface area contributed by atoms with Gasteiger partial charge in [-0.25, -0.2) is 0 Å². The molecule has 4 heteroatoms. The fourth-order valence-electron chi connectivity index (χ4n) is 2.09. The Bertz CT molecular complexity index is 168. The van der Waals surface area contributed by atoms with E-state index in [-0.39, 0.29) is 0 Å². The van der Waals surface area contributed by atoms with Gasteiger partial charge >= 0.3 is 0 Å². The highest BCUT2D eigenvalue weighted by molar-refractivity contribution is 4.71. The number of hydrogen-bond acceptors (Lipinski definition) is 4. The van der Waals surface area contributed by atoms with Crippen molar-refractivity contribution in [2.45, 2.75) is 19.8 Å². The van der Waals surface area contributed by atoms with Crippen molar-refractivity contribution in [1.29, 1.82) is 0 Å². The number of nitrogens with zero attached hydrogens (tertiary/aromatic N) is 2. The van der Waals surface area contributed by atoms with Crippen LogP contribution < -0.4 is 0 Å². The highest BCUT2D eigenvalue weighted by atomic mass is 16.5. The molecule has 0 bridgehead atoms. The van der Waals surface area contributed by atoms with Crippen LogP contribution in [0.2, 0.25) is 0 Å². The van der Waals surface area contributed by atoms with E-state index in [2.05, 4.69) is 16.7 Å². The molecule has 1 rings (SSSR count). The van der Waals surface area contributed by atoms with Crippen molar-refractivity contribution >= 4 is 0 Å². The molecule has 0 spiro atoms. The van der Waals surface area contributed by atoms with Crippen LogP contribution in [-0.2, 0) is 9.47 Å². The van der Waals surface area contributed by atoms with Crippen molar-refractivity contribution in [2.24, 2.45) is 0 Å². The van der Waals surface area contributed by atoms with Crippen LogP contribution in [0.3, 0.4) is 0 Å². The number of ether oxygens (including phenoxy) is 2. The lowest BCUT2D eigenvalue weighted by Gasteiger charge is -2.34. The molecule has 0 aromatic heterocycles. The topological polar surface area (TPSA) is 24.9 Å². The lowest BCUT2D eigenvalue weighted by molar-refractivity contribution is 0.0838. The van der Waals surface area contributed by atoms with Crippen molar-refractivity contribution in [2.75, 3.05) is 66.2 Å². The summed E-state index contributed by atoms with van der Waals surface area (Å²) in [4.78, 5) is 5.02. The molecule has 0 aromatic carbocycles. The summed E-state index contributed by atoms with van der Waals surface area (Å²) < 4.78 is 10.6. The Hall–Kier alpha value is -0.160. The maximum atomic E-state index is 5.49. The second-order valence-corrected chi connectivity index (χ2v) is 4.64. The number of piperazine rings is 1. The van der Waals surface area contributed by atoms with Crippen LogP contribution in [0.15, 0.2) is 0 Å². The van der Waals surface area contributed by atoms with Gasteiger partial charge in [-0.2, -0.15) is 0 Å². The Balaban J connectivity index is 1.95. The molecule has 102 valence electrons. The molecule has 4 nitrogen and oxygen atoms in total. The first-order valence-electron chi connectivity index (χ1n) is 6.88. The average Bonchev–Trinajstić information content (AvgIpc) is 2.37. The zero-order chi connectivity index (χ0) is 12.3. The molecule has 0 unspecified atom stereocenters. The quantitative estimate of drug-likeness (QED) is 0.566. The third-order valence-electron chi connectivity index (χ3n) is 3.19. The zero-order valence-corrected chi connectivity index (χ0v) is 11.5. The van der Waals surface area contributed by atoms with E-state index in [9.17, 15) is 0 Å². The standard InChI is InChI=1S/C13H28N2O2/c1-3-11-17-12-4-5-14-6-8-15(9-7-14)10-13-16-2/h3-13H2,1-2H3. The summed E-state index contributed by atoms with van der Waals surface area (Å²) in [6.45, 7) is 11.8. The lowest BCUT2D eigenvalue weighted by atomic mass is 10.3. The third-order valence-corrected chi connectivity index (χ3v) is 3.19. The molecule has 0 atom stereocenters. The largest absolute Gasteiger partial charge is 0.383 e. The molecule has 0 N–H and O–H groups in total. The van der Waals surface area contributed by atoms with Crippen molar-refractivity contribution in [3.05, 3.63) is 0 Å². The van der Waals surface area contributed by atoms with Crippen LogP contribution in [0.25, 0.3) is 0 Å². The number of methoxy groups -OCH3 is 1. The summed E-state index contributed by atoms with van der Waals surface area (Å²) >= 11 is 0. The van der Waals surface area contributed by atoms with Crippen LogP contribution in [0.5, 0.6) is 0 Å². The molecular formula is C13H28N2O2. The molecule has 1 aliphatic heterocycles. The first kappa shape index (κ1) is 14.9. The fourth-order valence-corrected chi connectivity index (χ4v) is 2.09. The van der Waals surface area contributed by atoms with Gasteiger partial charge in [0.2, 0.25) is 0 Å². The molecule has 0 saturated carbocycles. The third kappa shape index (κ3) is 6.99. The maximum absolute atomic E-state index is 5.49. The van der Waals surface area contributed by atoms with E-state index in [1.807, 2.05) is 0 Å². The Morgan fingerprint density at radius 3 is 2.12 bits per heavy atom. The summed E-state index contributed by atoms with van der Waals surface area (Å²) in [6, 6.07) is 0. The Morgan fingerprint density at radius 1 is 0.882 bits per heavy atom. The molecule has 0 aromatic rings. The van der Waals surface area contributed by atoms with Gasteiger partial charge in [0.05, 0.1) is 6.61 Å². The Morgan fingerprint density at radius 2 is 1.53 bits per heavy atom. The molecule has 0 radical (unpaired) electrons. The van der Waals surface area contributed by atoms with Gasteiger partial charge in [0.1, 0.15) is 0 Å². The van der Waals surface area contributed by atoms with Gasteiger partial charge in [-0.15, -0.1) is 0 Å². The minimum absolute atomic E-state index is 0.852. The van der Waals surface area contributed by atoms with E-state index in [1.54, 1.807) is 7.11 Å². The zero-order valence-electron chi connectivity index (χ0n) is 11.5. The van der Waals surface area contributed by atoms with E-state index in [1.165, 1.54) is 32.7 Å². The fraction of sp³-hybridized carbons (Fsp3) is 1.00. The molecule has 1 saturated heterocycles. The molecule has 0 amide bonds. The van der Waals surface area contributed by atoms with Crippen LogP contribution in [-0.4, -0.2) is 76.0 Å². The lowest BCUT2D eigenvalue weighted by Crippen LogP contribution is -2.47. The molecular weight excluding hydrogens is 216 g/mol. The highest BCUT2D eigenvalue weighted by Crippen LogP contribution is 2.02. The first-order chi connectivity index (χ1) is 8.36. The van der Waals surface area contributed by atoms with Gasteiger partial charge < -0.3 is 14.4 Å². The van der Waals surface area contributed by atoms with E-state index in [0.717, 1.165) is 39.2 Å². The van der Waals surface area contributed by atoms with Gasteiger partial charge in [-0.1, -0.05) is 6.92 Å². The Labute approximate surface area is 106 Å². The molecule has 17 heavy (non-hydrogen) atoms. The predicted molar refractivity (Wildman–Crippen MR) is 70.5 cm³/mol. The SMILES string of the molecule is CCCOCCCN1CCN(CCOC)CC1. The first-order valence-corrected chi connectivity index (χ1v) is 6.88. The van der Waals surface area contributed by atoms with E-state index < -0.39 is 0 Å². The smallest absolute Gasteiger partial charge is 0.0589 e. The number of rotatable bonds is 9. The van der Waals surface area contributed by atoms with Gasteiger partial charge in [0.25, 0.3) is 0 Å². The summed E-state index contributed by atoms with van der Waals surface area (Å²) in [5.41, 5.74) is 0. The summed E-state index contributed by atoms with van der Waals surface area (Å²) in [5, 5.41) is 0. The molecule has 0 aliphatic carbocycles. The molecule has 1 heterocycles. The Kier molecular flexibility index (Phi) is 8.61. The van der Waals surface area contributed by atoms with Crippen LogP contribution in [0.1, 0.15) is 19.8 Å². The van der Waals surface area contributed by atoms with Crippen LogP contribution in [0, 0.1) is 0 Å². The highest BCUT2D eigenvalue weighted by Gasteiger charge is 2.15. The van der Waals surface area contributed by atoms with Gasteiger partial charge in [0, 0.05) is 59.6 Å². The van der Waals surface area contributed by atoms with Crippen molar-refractivity contribution in [3.8, 4) is 0 Å². The monoisotopic (exact) mass is 244 g/mol. The van der Waals surface area contributed by atoms with Crippen molar-refractivity contribution < 1.29 is 9.47 Å². The van der Waals surface area contributed by atoms with Gasteiger partial charge in [0.15, 0.2) is 0 Å². The number of hydrogen-bond donors (Lipinski definition) is 0. The van der Waals surface area contributed by atoms with Gasteiger partial charge in [-0.3, -0.25) is 4.90 Å². The minimum Gasteiger partial charge on any atom is -0.383 e. The summed E-state index contributed by atoms with van der Waals surface area (Å²) in [5.74, 6) is 0. The average molecular weight is 244 g/mol. The van der Waals surface area contributed by atoms with E-state index in [0.29, 0.717) is 0 Å².